The van der Waals surface area contributed by atoms with Crippen molar-refractivity contribution in [3.05, 3.63) is 41.6 Å². The SMILES string of the molecule is Cn1nc(C(C)(C)C)cc1N(CCC(C)(C)C)Cc1cccc(N2CCOCC2)c1. The number of rotatable bonds is 6. The molecule has 0 aliphatic carbocycles. The maximum absolute atomic E-state index is 5.52. The molecule has 0 radical (unpaired) electrons. The first-order valence-electron chi connectivity index (χ1n) is 11.2. The number of ether oxygens (including phenoxy) is 1. The molecule has 1 saturated heterocycles. The number of benzene rings is 1. The fraction of sp³-hybridized carbons (Fsp3) is 0.640. The van der Waals surface area contributed by atoms with Crippen LogP contribution in [0, 0.1) is 5.41 Å². The summed E-state index contributed by atoms with van der Waals surface area (Å²) in [6.45, 7) is 19.1. The molecule has 0 bridgehead atoms. The molecule has 2 aromatic rings. The van der Waals surface area contributed by atoms with Gasteiger partial charge >= 0.3 is 0 Å². The summed E-state index contributed by atoms with van der Waals surface area (Å²) in [5.41, 5.74) is 4.11. The summed E-state index contributed by atoms with van der Waals surface area (Å²) in [6, 6.07) is 11.3. The van der Waals surface area contributed by atoms with E-state index in [9.17, 15) is 0 Å². The molecule has 1 aromatic heterocycles. The quantitative estimate of drug-likeness (QED) is 0.669. The summed E-state index contributed by atoms with van der Waals surface area (Å²) in [6.07, 6.45) is 1.13. The van der Waals surface area contributed by atoms with Crippen LogP contribution >= 0.6 is 0 Å². The lowest BCUT2D eigenvalue weighted by molar-refractivity contribution is 0.122. The second-order valence-electron chi connectivity index (χ2n) is 10.8. The van der Waals surface area contributed by atoms with Crippen molar-refractivity contribution < 1.29 is 4.74 Å². The second-order valence-corrected chi connectivity index (χ2v) is 10.8. The van der Waals surface area contributed by atoms with Gasteiger partial charge in [0.15, 0.2) is 0 Å². The molecule has 0 N–H and O–H groups in total. The summed E-state index contributed by atoms with van der Waals surface area (Å²) in [5.74, 6) is 1.20. The van der Waals surface area contributed by atoms with Crippen LogP contribution in [-0.4, -0.2) is 42.6 Å². The van der Waals surface area contributed by atoms with Crippen molar-refractivity contribution in [1.29, 1.82) is 0 Å². The molecule has 0 amide bonds. The van der Waals surface area contributed by atoms with Gasteiger partial charge in [-0.15, -0.1) is 0 Å². The van der Waals surface area contributed by atoms with Gasteiger partial charge in [-0.1, -0.05) is 53.7 Å². The van der Waals surface area contributed by atoms with Gasteiger partial charge in [-0.3, -0.25) is 4.68 Å². The lowest BCUT2D eigenvalue weighted by atomic mass is 9.91. The third-order valence-corrected chi connectivity index (χ3v) is 5.74. The average molecular weight is 413 g/mol. The number of aryl methyl sites for hydroxylation is 1. The minimum absolute atomic E-state index is 0.0436. The first kappa shape index (κ1) is 22.7. The number of nitrogens with zero attached hydrogens (tertiary/aromatic N) is 4. The third-order valence-electron chi connectivity index (χ3n) is 5.74. The van der Waals surface area contributed by atoms with E-state index in [0.29, 0.717) is 5.41 Å². The van der Waals surface area contributed by atoms with Crippen LogP contribution in [0.5, 0.6) is 0 Å². The number of hydrogen-bond acceptors (Lipinski definition) is 4. The van der Waals surface area contributed by atoms with E-state index in [1.54, 1.807) is 0 Å². The average Bonchev–Trinajstić information content (AvgIpc) is 3.07. The van der Waals surface area contributed by atoms with Gasteiger partial charge in [-0.2, -0.15) is 5.10 Å². The molecule has 3 rings (SSSR count). The van der Waals surface area contributed by atoms with E-state index in [1.165, 1.54) is 17.1 Å². The molecule has 1 aliphatic rings. The van der Waals surface area contributed by atoms with Gasteiger partial charge in [0, 0.05) is 50.4 Å². The molecule has 0 saturated carbocycles. The van der Waals surface area contributed by atoms with Crippen LogP contribution < -0.4 is 9.80 Å². The molecule has 5 nitrogen and oxygen atoms in total. The zero-order chi connectivity index (χ0) is 21.9. The Labute approximate surface area is 183 Å². The van der Waals surface area contributed by atoms with Crippen molar-refractivity contribution >= 4 is 11.5 Å². The summed E-state index contributed by atoms with van der Waals surface area (Å²) in [5, 5.41) is 4.83. The van der Waals surface area contributed by atoms with Gasteiger partial charge in [-0.05, 0) is 29.5 Å². The van der Waals surface area contributed by atoms with Crippen LogP contribution in [0.15, 0.2) is 30.3 Å². The van der Waals surface area contributed by atoms with E-state index in [4.69, 9.17) is 9.84 Å². The van der Waals surface area contributed by atoms with Crippen molar-refractivity contribution in [1.82, 2.24) is 9.78 Å². The maximum Gasteiger partial charge on any atom is 0.127 e. The molecule has 0 spiro atoms. The Bertz CT molecular complexity index is 822. The Morgan fingerprint density at radius 2 is 1.73 bits per heavy atom. The first-order chi connectivity index (χ1) is 14.0. The largest absolute Gasteiger partial charge is 0.378 e. The highest BCUT2D eigenvalue weighted by Crippen LogP contribution is 2.29. The lowest BCUT2D eigenvalue weighted by Crippen LogP contribution is -2.36. The second kappa shape index (κ2) is 9.01. The molecule has 5 heteroatoms. The van der Waals surface area contributed by atoms with E-state index >= 15 is 0 Å². The number of anilines is 2. The van der Waals surface area contributed by atoms with Crippen molar-refractivity contribution in [2.24, 2.45) is 12.5 Å². The van der Waals surface area contributed by atoms with Gasteiger partial charge in [0.05, 0.1) is 18.9 Å². The fourth-order valence-electron chi connectivity index (χ4n) is 3.76. The van der Waals surface area contributed by atoms with Crippen molar-refractivity contribution in [3.63, 3.8) is 0 Å². The molecular weight excluding hydrogens is 372 g/mol. The Kier molecular flexibility index (Phi) is 6.81. The van der Waals surface area contributed by atoms with E-state index in [2.05, 4.69) is 93.4 Å². The van der Waals surface area contributed by atoms with Gasteiger partial charge in [0.2, 0.25) is 0 Å². The van der Waals surface area contributed by atoms with Gasteiger partial charge < -0.3 is 14.5 Å². The minimum Gasteiger partial charge on any atom is -0.378 e. The summed E-state index contributed by atoms with van der Waals surface area (Å²) < 4.78 is 7.57. The Hall–Kier alpha value is -2.01. The highest BCUT2D eigenvalue weighted by Gasteiger charge is 2.23. The Morgan fingerprint density at radius 1 is 1.03 bits per heavy atom. The topological polar surface area (TPSA) is 33.5 Å². The molecule has 2 heterocycles. The van der Waals surface area contributed by atoms with Crippen LogP contribution in [0.25, 0.3) is 0 Å². The molecule has 0 unspecified atom stereocenters. The summed E-state index contributed by atoms with van der Waals surface area (Å²) >= 11 is 0. The van der Waals surface area contributed by atoms with Gasteiger partial charge in [0.1, 0.15) is 5.82 Å². The number of hydrogen-bond donors (Lipinski definition) is 0. The number of morpholine rings is 1. The number of aromatic nitrogens is 2. The Balaban J connectivity index is 1.85. The minimum atomic E-state index is 0.0436. The van der Waals surface area contributed by atoms with E-state index < -0.39 is 0 Å². The van der Waals surface area contributed by atoms with Crippen LogP contribution in [0.4, 0.5) is 11.5 Å². The predicted molar refractivity (Wildman–Crippen MR) is 127 cm³/mol. The smallest absolute Gasteiger partial charge is 0.127 e. The monoisotopic (exact) mass is 412 g/mol. The fourth-order valence-corrected chi connectivity index (χ4v) is 3.76. The normalized spacial score (nSPS) is 15.5. The summed E-state index contributed by atoms with van der Waals surface area (Å²) in [7, 11) is 2.07. The van der Waals surface area contributed by atoms with Crippen LogP contribution in [0.1, 0.15) is 59.2 Å². The van der Waals surface area contributed by atoms with E-state index in [1.807, 2.05) is 0 Å². The van der Waals surface area contributed by atoms with Gasteiger partial charge in [0.25, 0.3) is 0 Å². The highest BCUT2D eigenvalue weighted by atomic mass is 16.5. The molecule has 166 valence electrons. The van der Waals surface area contributed by atoms with Crippen molar-refractivity contribution in [2.45, 2.75) is 59.9 Å². The lowest BCUT2D eigenvalue weighted by Gasteiger charge is -2.31. The van der Waals surface area contributed by atoms with Gasteiger partial charge in [-0.25, -0.2) is 0 Å². The standard InChI is InChI=1S/C25H40N4O/c1-24(2,3)11-12-29(23-18-22(25(4,5)6)26-27(23)7)19-20-9-8-10-21(17-20)28-13-15-30-16-14-28/h8-10,17-18H,11-16,19H2,1-7H3. The van der Waals surface area contributed by atoms with Crippen molar-refractivity contribution in [3.8, 4) is 0 Å². The predicted octanol–water partition coefficient (Wildman–Crippen LogP) is 5.00. The zero-order valence-electron chi connectivity index (χ0n) is 20.0. The summed E-state index contributed by atoms with van der Waals surface area (Å²) in [4.78, 5) is 4.92. The van der Waals surface area contributed by atoms with E-state index in [0.717, 1.165) is 51.5 Å². The third kappa shape index (κ3) is 6.00. The highest BCUT2D eigenvalue weighted by molar-refractivity contribution is 5.50. The van der Waals surface area contributed by atoms with Crippen molar-refractivity contribution in [2.75, 3.05) is 42.6 Å². The van der Waals surface area contributed by atoms with Crippen LogP contribution in [-0.2, 0) is 23.7 Å². The molecule has 1 fully saturated rings. The van der Waals surface area contributed by atoms with Crippen LogP contribution in [0.3, 0.4) is 0 Å². The maximum atomic E-state index is 5.52. The first-order valence-corrected chi connectivity index (χ1v) is 11.2. The molecule has 0 atom stereocenters. The Morgan fingerprint density at radius 3 is 2.33 bits per heavy atom. The van der Waals surface area contributed by atoms with Crippen LogP contribution in [0.2, 0.25) is 0 Å². The molecule has 1 aromatic carbocycles. The van der Waals surface area contributed by atoms with E-state index in [-0.39, 0.29) is 5.41 Å². The zero-order valence-corrected chi connectivity index (χ0v) is 20.0. The molecular formula is C25H40N4O. The molecule has 1 aliphatic heterocycles. The molecule has 30 heavy (non-hydrogen) atoms.